The van der Waals surface area contributed by atoms with Gasteiger partial charge in [-0.3, -0.25) is 0 Å². The lowest BCUT2D eigenvalue weighted by Gasteiger charge is -2.11. The highest BCUT2D eigenvalue weighted by Crippen LogP contribution is 2.17. The number of aromatic nitrogens is 2. The second-order valence-corrected chi connectivity index (χ2v) is 4.25. The molecule has 0 amide bonds. The third-order valence-corrected chi connectivity index (χ3v) is 2.54. The lowest BCUT2D eigenvalue weighted by Crippen LogP contribution is -2.20. The van der Waals surface area contributed by atoms with E-state index in [1.165, 1.54) is 0 Å². The van der Waals surface area contributed by atoms with E-state index in [2.05, 4.69) is 58.5 Å². The van der Waals surface area contributed by atoms with Crippen molar-refractivity contribution in [3.63, 3.8) is 0 Å². The molecule has 2 N–H and O–H groups in total. The first-order valence-electron chi connectivity index (χ1n) is 5.74. The first-order valence-corrected chi connectivity index (χ1v) is 5.74. The molecule has 0 spiro atoms. The van der Waals surface area contributed by atoms with E-state index in [4.69, 9.17) is 0 Å². The van der Waals surface area contributed by atoms with E-state index in [1.807, 2.05) is 6.20 Å². The number of likely N-dealkylation sites (N-methyl/N-ethyl adjacent to an activating group) is 1. The molecule has 4 nitrogen and oxygen atoms in total. The molecule has 0 aliphatic rings. The molecule has 0 aliphatic heterocycles. The minimum absolute atomic E-state index is 0.907. The summed E-state index contributed by atoms with van der Waals surface area (Å²) in [6.07, 6.45) is 3.59. The number of anilines is 1. The molecule has 0 fully saturated rings. The molecule has 1 heterocycles. The van der Waals surface area contributed by atoms with Crippen molar-refractivity contribution >= 4 is 5.69 Å². The Morgan fingerprint density at radius 2 is 2.00 bits per heavy atom. The van der Waals surface area contributed by atoms with Gasteiger partial charge in [-0.2, -0.15) is 0 Å². The number of nitrogens with one attached hydrogen (secondary N) is 2. The van der Waals surface area contributed by atoms with E-state index < -0.39 is 0 Å². The average molecular weight is 230 g/mol. The number of benzene rings is 1. The van der Waals surface area contributed by atoms with Gasteiger partial charge < -0.3 is 15.2 Å². The molecule has 90 valence electrons. The van der Waals surface area contributed by atoms with Gasteiger partial charge in [-0.25, -0.2) is 4.98 Å². The van der Waals surface area contributed by atoms with Crippen LogP contribution in [0.3, 0.4) is 0 Å². The third-order valence-electron chi connectivity index (χ3n) is 2.54. The van der Waals surface area contributed by atoms with Crippen LogP contribution in [0.2, 0.25) is 0 Å². The van der Waals surface area contributed by atoms with Crippen molar-refractivity contribution < 1.29 is 0 Å². The zero-order valence-electron chi connectivity index (χ0n) is 10.3. The fourth-order valence-corrected chi connectivity index (χ4v) is 1.59. The van der Waals surface area contributed by atoms with Crippen molar-refractivity contribution in [2.24, 2.45) is 0 Å². The summed E-state index contributed by atoms with van der Waals surface area (Å²) < 4.78 is 0. The van der Waals surface area contributed by atoms with Gasteiger partial charge in [-0.05, 0) is 38.4 Å². The summed E-state index contributed by atoms with van der Waals surface area (Å²) in [5.74, 6) is 0.907. The van der Waals surface area contributed by atoms with E-state index in [1.54, 1.807) is 6.20 Å². The molecule has 4 heteroatoms. The Labute approximate surface area is 102 Å². The highest BCUT2D eigenvalue weighted by molar-refractivity contribution is 5.59. The van der Waals surface area contributed by atoms with Crippen molar-refractivity contribution in [1.29, 1.82) is 0 Å². The molecule has 0 saturated heterocycles. The maximum atomic E-state index is 4.22. The highest BCUT2D eigenvalue weighted by Gasteiger charge is 1.99. The molecule has 0 aliphatic carbocycles. The van der Waals surface area contributed by atoms with Crippen LogP contribution in [0, 0.1) is 0 Å². The Bertz CT molecular complexity index is 431. The van der Waals surface area contributed by atoms with Crippen LogP contribution in [0.1, 0.15) is 0 Å². The summed E-state index contributed by atoms with van der Waals surface area (Å²) in [6, 6.07) is 8.29. The number of H-pyrrole nitrogens is 1. The Kier molecular flexibility index (Phi) is 3.77. The molecule has 2 aromatic rings. The van der Waals surface area contributed by atoms with Crippen molar-refractivity contribution in [1.82, 2.24) is 14.9 Å². The van der Waals surface area contributed by atoms with Gasteiger partial charge in [0.15, 0.2) is 0 Å². The molecule has 0 atom stereocenters. The van der Waals surface area contributed by atoms with Crippen molar-refractivity contribution in [3.8, 4) is 11.4 Å². The van der Waals surface area contributed by atoms with Crippen LogP contribution in [-0.4, -0.2) is 42.1 Å². The topological polar surface area (TPSA) is 44.0 Å². The Morgan fingerprint density at radius 1 is 1.24 bits per heavy atom. The summed E-state index contributed by atoms with van der Waals surface area (Å²) >= 11 is 0. The predicted molar refractivity (Wildman–Crippen MR) is 71.1 cm³/mol. The van der Waals surface area contributed by atoms with Gasteiger partial charge >= 0.3 is 0 Å². The van der Waals surface area contributed by atoms with Gasteiger partial charge in [0.25, 0.3) is 0 Å². The third kappa shape index (κ3) is 3.32. The maximum Gasteiger partial charge on any atom is 0.137 e. The minimum Gasteiger partial charge on any atom is -0.384 e. The molecule has 1 aromatic carbocycles. The number of imidazole rings is 1. The van der Waals surface area contributed by atoms with E-state index in [0.29, 0.717) is 0 Å². The summed E-state index contributed by atoms with van der Waals surface area (Å²) in [7, 11) is 4.14. The first kappa shape index (κ1) is 11.7. The fraction of sp³-hybridized carbons (Fsp3) is 0.308. The number of hydrogen-bond acceptors (Lipinski definition) is 3. The zero-order valence-corrected chi connectivity index (χ0v) is 10.3. The zero-order chi connectivity index (χ0) is 12.1. The number of nitrogens with zero attached hydrogens (tertiary/aromatic N) is 2. The normalized spacial score (nSPS) is 10.8. The van der Waals surface area contributed by atoms with Crippen LogP contribution >= 0.6 is 0 Å². The number of rotatable bonds is 5. The molecular weight excluding hydrogens is 212 g/mol. The van der Waals surface area contributed by atoms with Gasteiger partial charge in [0.2, 0.25) is 0 Å². The van der Waals surface area contributed by atoms with Crippen LogP contribution in [0.15, 0.2) is 36.7 Å². The van der Waals surface area contributed by atoms with Crippen LogP contribution in [0.5, 0.6) is 0 Å². The Balaban J connectivity index is 1.94. The smallest absolute Gasteiger partial charge is 0.137 e. The molecule has 0 radical (unpaired) electrons. The van der Waals surface area contributed by atoms with Crippen molar-refractivity contribution in [3.05, 3.63) is 36.7 Å². The van der Waals surface area contributed by atoms with Gasteiger partial charge in [-0.1, -0.05) is 0 Å². The van der Waals surface area contributed by atoms with E-state index in [0.717, 1.165) is 30.2 Å². The van der Waals surface area contributed by atoms with Crippen LogP contribution in [-0.2, 0) is 0 Å². The minimum atomic E-state index is 0.907. The van der Waals surface area contributed by atoms with Gasteiger partial charge in [-0.15, -0.1) is 0 Å². The molecule has 0 saturated carbocycles. The molecular formula is C13H18N4. The standard InChI is InChI=1S/C13H18N4/c1-17(2)10-9-14-12-5-3-11(4-6-12)13-15-7-8-16-13/h3-8,14H,9-10H2,1-2H3,(H,15,16). The van der Waals surface area contributed by atoms with Gasteiger partial charge in [0.1, 0.15) is 5.82 Å². The monoisotopic (exact) mass is 230 g/mol. The summed E-state index contributed by atoms with van der Waals surface area (Å²) in [4.78, 5) is 9.47. The largest absolute Gasteiger partial charge is 0.384 e. The molecule has 1 aromatic heterocycles. The number of aromatic amines is 1. The van der Waals surface area contributed by atoms with E-state index >= 15 is 0 Å². The number of hydrogen-bond donors (Lipinski definition) is 2. The summed E-state index contributed by atoms with van der Waals surface area (Å²) in [5, 5.41) is 3.38. The lowest BCUT2D eigenvalue weighted by atomic mass is 10.2. The molecule has 17 heavy (non-hydrogen) atoms. The van der Waals surface area contributed by atoms with E-state index in [-0.39, 0.29) is 0 Å². The van der Waals surface area contributed by atoms with Crippen molar-refractivity contribution in [2.45, 2.75) is 0 Å². The second-order valence-electron chi connectivity index (χ2n) is 4.25. The molecule has 0 bridgehead atoms. The molecule has 2 rings (SSSR count). The SMILES string of the molecule is CN(C)CCNc1ccc(-c2ncc[nH]2)cc1. The Morgan fingerprint density at radius 3 is 2.59 bits per heavy atom. The predicted octanol–water partition coefficient (Wildman–Crippen LogP) is 2.05. The maximum absolute atomic E-state index is 4.22. The van der Waals surface area contributed by atoms with Gasteiger partial charge in [0, 0.05) is 36.7 Å². The highest BCUT2D eigenvalue weighted by atomic mass is 15.1. The fourth-order valence-electron chi connectivity index (χ4n) is 1.59. The Hall–Kier alpha value is -1.81. The van der Waals surface area contributed by atoms with Crippen LogP contribution < -0.4 is 5.32 Å². The summed E-state index contributed by atoms with van der Waals surface area (Å²) in [6.45, 7) is 1.98. The quantitative estimate of drug-likeness (QED) is 0.826. The van der Waals surface area contributed by atoms with Gasteiger partial charge in [0.05, 0.1) is 0 Å². The first-order chi connectivity index (χ1) is 8.25. The van der Waals surface area contributed by atoms with Crippen LogP contribution in [0.25, 0.3) is 11.4 Å². The average Bonchev–Trinajstić information content (AvgIpc) is 2.83. The van der Waals surface area contributed by atoms with E-state index in [9.17, 15) is 0 Å². The van der Waals surface area contributed by atoms with Crippen molar-refractivity contribution in [2.75, 3.05) is 32.5 Å². The van der Waals surface area contributed by atoms with Crippen LogP contribution in [0.4, 0.5) is 5.69 Å². The molecule has 0 unspecified atom stereocenters. The second kappa shape index (κ2) is 5.50. The lowest BCUT2D eigenvalue weighted by molar-refractivity contribution is 0.425. The summed E-state index contributed by atoms with van der Waals surface area (Å²) in [5.41, 5.74) is 2.25.